The second kappa shape index (κ2) is 9.06. The zero-order valence-corrected chi connectivity index (χ0v) is 20.1. The lowest BCUT2D eigenvalue weighted by Gasteiger charge is -2.26. The van der Waals surface area contributed by atoms with Crippen LogP contribution in [0, 0.1) is 0 Å². The summed E-state index contributed by atoms with van der Waals surface area (Å²) in [6, 6.07) is 6.06. The van der Waals surface area contributed by atoms with Gasteiger partial charge in [0.1, 0.15) is 4.83 Å². The molecule has 1 atom stereocenters. The number of amides is 1. The predicted octanol–water partition coefficient (Wildman–Crippen LogP) is 4.25. The van der Waals surface area contributed by atoms with Crippen molar-refractivity contribution in [3.8, 4) is 11.5 Å². The Morgan fingerprint density at radius 1 is 1.09 bits per heavy atom. The van der Waals surface area contributed by atoms with Crippen LogP contribution in [0.15, 0.2) is 29.3 Å². The van der Waals surface area contributed by atoms with Crippen LogP contribution < -0.4 is 15.0 Å². The lowest BCUT2D eigenvalue weighted by atomic mass is 9.97. The maximum atomic E-state index is 13.2. The first-order valence-corrected chi connectivity index (χ1v) is 13.2. The fourth-order valence-corrected chi connectivity index (χ4v) is 6.72. The molecule has 1 aliphatic carbocycles. The van der Waals surface area contributed by atoms with Gasteiger partial charge in [0.05, 0.1) is 31.0 Å². The first-order chi connectivity index (χ1) is 16.7. The van der Waals surface area contributed by atoms with Gasteiger partial charge >= 0.3 is 0 Å². The van der Waals surface area contributed by atoms with E-state index in [1.54, 1.807) is 22.2 Å². The number of ether oxygens (including phenoxy) is 2. The first kappa shape index (κ1) is 21.6. The number of thiophene rings is 1. The molecule has 3 aliphatic rings. The Morgan fingerprint density at radius 3 is 2.85 bits per heavy atom. The standard InChI is InChI=1S/C26H29N3O4S/c30-23(10-12-28-16-27-25-24(26(28)31)18-5-1-2-7-22(18)34-25)29-11-3-6-19(29)17-8-9-20-21(15-17)33-14-4-13-32-20/h8-9,15-16,19H,1-7,10-14H2/t19-/m1/s1. The van der Waals surface area contributed by atoms with E-state index in [0.717, 1.165) is 72.3 Å². The minimum absolute atomic E-state index is 0.00178. The topological polar surface area (TPSA) is 73.7 Å². The number of nitrogens with zero attached hydrogens (tertiary/aromatic N) is 3. The molecule has 4 heterocycles. The Hall–Kier alpha value is -2.87. The molecule has 6 rings (SSSR count). The summed E-state index contributed by atoms with van der Waals surface area (Å²) in [4.78, 5) is 35.1. The average Bonchev–Trinajstić information content (AvgIpc) is 3.42. The summed E-state index contributed by atoms with van der Waals surface area (Å²) in [7, 11) is 0. The van der Waals surface area contributed by atoms with Crippen LogP contribution in [0.1, 0.15) is 60.6 Å². The van der Waals surface area contributed by atoms with Crippen molar-refractivity contribution in [2.24, 2.45) is 0 Å². The van der Waals surface area contributed by atoms with Gasteiger partial charge in [0, 0.05) is 30.8 Å². The summed E-state index contributed by atoms with van der Waals surface area (Å²) in [6.07, 6.45) is 8.99. The zero-order valence-electron chi connectivity index (χ0n) is 19.3. The lowest BCUT2D eigenvalue weighted by Crippen LogP contribution is -2.32. The SMILES string of the molecule is O=C(CCn1cnc2sc3c(c2c1=O)CCCC3)N1CCC[C@@H]1c1ccc2c(c1)OCCCO2. The van der Waals surface area contributed by atoms with Crippen LogP contribution in [0.2, 0.25) is 0 Å². The molecule has 3 aromatic rings. The number of fused-ring (bicyclic) bond motifs is 4. The Morgan fingerprint density at radius 2 is 1.94 bits per heavy atom. The minimum Gasteiger partial charge on any atom is -0.490 e. The van der Waals surface area contributed by atoms with E-state index in [1.807, 2.05) is 23.1 Å². The van der Waals surface area contributed by atoms with Gasteiger partial charge in [-0.05, 0) is 61.8 Å². The fourth-order valence-electron chi connectivity index (χ4n) is 5.50. The molecule has 2 aromatic heterocycles. The number of aryl methyl sites for hydroxylation is 3. The van der Waals surface area contributed by atoms with Crippen LogP contribution in [0.25, 0.3) is 10.2 Å². The second-order valence-corrected chi connectivity index (χ2v) is 10.5. The molecule has 0 spiro atoms. The van der Waals surface area contributed by atoms with Gasteiger partial charge < -0.3 is 14.4 Å². The summed E-state index contributed by atoms with van der Waals surface area (Å²) >= 11 is 1.66. The molecule has 1 fully saturated rings. The van der Waals surface area contributed by atoms with Gasteiger partial charge in [-0.15, -0.1) is 11.3 Å². The van der Waals surface area contributed by atoms with Gasteiger partial charge in [-0.25, -0.2) is 4.98 Å². The number of carbonyl (C=O) groups is 1. The highest BCUT2D eigenvalue weighted by Gasteiger charge is 2.30. The lowest BCUT2D eigenvalue weighted by molar-refractivity contribution is -0.132. The highest BCUT2D eigenvalue weighted by atomic mass is 32.1. The highest BCUT2D eigenvalue weighted by molar-refractivity contribution is 7.18. The summed E-state index contributed by atoms with van der Waals surface area (Å²) in [5.41, 5.74) is 2.27. The third kappa shape index (κ3) is 3.87. The van der Waals surface area contributed by atoms with Crippen molar-refractivity contribution in [1.82, 2.24) is 14.5 Å². The van der Waals surface area contributed by atoms with E-state index in [-0.39, 0.29) is 17.5 Å². The molecule has 34 heavy (non-hydrogen) atoms. The molecular formula is C26H29N3O4S. The third-order valence-electron chi connectivity index (χ3n) is 7.24. The molecule has 178 valence electrons. The Kier molecular flexibility index (Phi) is 5.77. The molecule has 2 aliphatic heterocycles. The Balaban J connectivity index is 1.19. The quantitative estimate of drug-likeness (QED) is 0.559. The van der Waals surface area contributed by atoms with Gasteiger partial charge in [-0.3, -0.25) is 14.2 Å². The van der Waals surface area contributed by atoms with Crippen LogP contribution in [-0.2, 0) is 24.2 Å². The smallest absolute Gasteiger partial charge is 0.262 e. The van der Waals surface area contributed by atoms with E-state index in [0.29, 0.717) is 26.2 Å². The molecule has 7 nitrogen and oxygen atoms in total. The average molecular weight is 480 g/mol. The third-order valence-corrected chi connectivity index (χ3v) is 8.44. The van der Waals surface area contributed by atoms with Crippen LogP contribution in [-0.4, -0.2) is 40.1 Å². The highest BCUT2D eigenvalue weighted by Crippen LogP contribution is 2.38. The molecule has 0 unspecified atom stereocenters. The zero-order chi connectivity index (χ0) is 23.1. The summed E-state index contributed by atoms with van der Waals surface area (Å²) < 4.78 is 13.2. The minimum atomic E-state index is -0.00178. The molecule has 0 N–H and O–H groups in total. The molecular weight excluding hydrogens is 450 g/mol. The van der Waals surface area contributed by atoms with E-state index in [1.165, 1.54) is 16.9 Å². The monoisotopic (exact) mass is 479 g/mol. The molecule has 8 heteroatoms. The van der Waals surface area contributed by atoms with Gasteiger partial charge in [0.2, 0.25) is 5.91 Å². The second-order valence-electron chi connectivity index (χ2n) is 9.39. The Bertz CT molecular complexity index is 1300. The van der Waals surface area contributed by atoms with Gasteiger partial charge in [0.15, 0.2) is 11.5 Å². The predicted molar refractivity (Wildman–Crippen MR) is 131 cm³/mol. The Labute approximate surface area is 202 Å². The van der Waals surface area contributed by atoms with E-state index in [2.05, 4.69) is 4.98 Å². The number of hydrogen-bond donors (Lipinski definition) is 0. The summed E-state index contributed by atoms with van der Waals surface area (Å²) in [5, 5.41) is 0.779. The molecule has 1 aromatic carbocycles. The first-order valence-electron chi connectivity index (χ1n) is 12.4. The number of rotatable bonds is 4. The maximum absolute atomic E-state index is 13.2. The van der Waals surface area contributed by atoms with Gasteiger partial charge in [-0.1, -0.05) is 6.07 Å². The number of hydrogen-bond acceptors (Lipinski definition) is 6. The maximum Gasteiger partial charge on any atom is 0.262 e. The van der Waals surface area contributed by atoms with Crippen LogP contribution >= 0.6 is 11.3 Å². The van der Waals surface area contributed by atoms with Crippen molar-refractivity contribution in [3.05, 3.63) is 50.9 Å². The number of benzene rings is 1. The molecule has 1 amide bonds. The van der Waals surface area contributed by atoms with E-state index in [9.17, 15) is 9.59 Å². The molecule has 0 bridgehead atoms. The molecule has 0 saturated carbocycles. The van der Waals surface area contributed by atoms with E-state index >= 15 is 0 Å². The van der Waals surface area contributed by atoms with Crippen LogP contribution in [0.5, 0.6) is 11.5 Å². The summed E-state index contributed by atoms with van der Waals surface area (Å²) in [6.45, 7) is 2.40. The summed E-state index contributed by atoms with van der Waals surface area (Å²) in [5.74, 6) is 1.61. The number of likely N-dealkylation sites (tertiary alicyclic amines) is 1. The van der Waals surface area contributed by atoms with Gasteiger partial charge in [0.25, 0.3) is 5.56 Å². The largest absolute Gasteiger partial charge is 0.490 e. The van der Waals surface area contributed by atoms with E-state index in [4.69, 9.17) is 9.47 Å². The normalized spacial score (nSPS) is 19.8. The van der Waals surface area contributed by atoms with Crippen molar-refractivity contribution < 1.29 is 14.3 Å². The number of aromatic nitrogens is 2. The molecule has 1 saturated heterocycles. The van der Waals surface area contributed by atoms with Crippen molar-refractivity contribution >= 4 is 27.5 Å². The molecule has 0 radical (unpaired) electrons. The van der Waals surface area contributed by atoms with Crippen molar-refractivity contribution in [2.75, 3.05) is 19.8 Å². The van der Waals surface area contributed by atoms with Crippen molar-refractivity contribution in [2.45, 2.75) is 64.0 Å². The number of carbonyl (C=O) groups excluding carboxylic acids is 1. The fraction of sp³-hybridized carbons (Fsp3) is 0.500. The van der Waals surface area contributed by atoms with Crippen LogP contribution in [0.3, 0.4) is 0 Å². The van der Waals surface area contributed by atoms with Crippen molar-refractivity contribution in [3.63, 3.8) is 0 Å². The van der Waals surface area contributed by atoms with E-state index < -0.39 is 0 Å². The van der Waals surface area contributed by atoms with Crippen LogP contribution in [0.4, 0.5) is 0 Å². The van der Waals surface area contributed by atoms with Crippen molar-refractivity contribution in [1.29, 1.82) is 0 Å². The van der Waals surface area contributed by atoms with Gasteiger partial charge in [-0.2, -0.15) is 0 Å².